The van der Waals surface area contributed by atoms with Crippen LogP contribution < -0.4 is 14.5 Å². The Morgan fingerprint density at radius 3 is 2.23 bits per heavy atom. The van der Waals surface area contributed by atoms with E-state index in [1.54, 1.807) is 69.0 Å². The predicted molar refractivity (Wildman–Crippen MR) is 119 cm³/mol. The number of fused-ring (bicyclic) bond motifs is 1. The molecule has 0 aliphatic carbocycles. The van der Waals surface area contributed by atoms with E-state index in [0.29, 0.717) is 11.4 Å². The summed E-state index contributed by atoms with van der Waals surface area (Å²) in [5, 5.41) is 0. The number of hydrogen-bond acceptors (Lipinski definition) is 5. The lowest BCUT2D eigenvalue weighted by Crippen LogP contribution is -2.47. The summed E-state index contributed by atoms with van der Waals surface area (Å²) in [4.78, 5) is 29.0. The number of benzene rings is 2. The van der Waals surface area contributed by atoms with Crippen molar-refractivity contribution in [2.75, 3.05) is 29.4 Å². The molecule has 1 aliphatic heterocycles. The van der Waals surface area contributed by atoms with Crippen LogP contribution in [0.25, 0.3) is 0 Å². The smallest absolute Gasteiger partial charge is 0.414 e. The predicted octanol–water partition coefficient (Wildman–Crippen LogP) is 3.39. The van der Waals surface area contributed by atoms with Crippen molar-refractivity contribution < 1.29 is 22.7 Å². The molecule has 31 heavy (non-hydrogen) atoms. The van der Waals surface area contributed by atoms with Crippen LogP contribution in [-0.2, 0) is 14.8 Å². The molecular weight excluding hydrogens is 418 g/mol. The average Bonchev–Trinajstić information content (AvgIpc) is 2.71. The molecule has 1 heterocycles. The SMILES string of the molecule is CCNS(=O)(=O)c1cccc(C(=O)N2CCN(C(=O)OC(C)(C)C)c3ccccc32)c1. The second kappa shape index (κ2) is 8.68. The number of sulfonamides is 1. The molecule has 0 aromatic heterocycles. The largest absolute Gasteiger partial charge is 0.443 e. The molecule has 1 aliphatic rings. The molecule has 2 aromatic carbocycles. The third-order valence-corrected chi connectivity index (χ3v) is 6.14. The molecule has 0 fully saturated rings. The molecule has 0 saturated heterocycles. The number of hydrogen-bond donors (Lipinski definition) is 1. The van der Waals surface area contributed by atoms with Crippen LogP contribution >= 0.6 is 0 Å². The van der Waals surface area contributed by atoms with E-state index >= 15 is 0 Å². The Labute approximate surface area is 182 Å². The van der Waals surface area contributed by atoms with Crippen molar-refractivity contribution in [3.8, 4) is 0 Å². The maximum absolute atomic E-state index is 13.3. The maximum Gasteiger partial charge on any atom is 0.414 e. The summed E-state index contributed by atoms with van der Waals surface area (Å²) in [6, 6.07) is 13.0. The molecule has 0 atom stereocenters. The van der Waals surface area contributed by atoms with Crippen LogP contribution in [0.4, 0.5) is 16.2 Å². The first-order valence-corrected chi connectivity index (χ1v) is 11.5. The molecule has 0 radical (unpaired) electrons. The van der Waals surface area contributed by atoms with Crippen molar-refractivity contribution in [3.05, 3.63) is 54.1 Å². The Hall–Kier alpha value is -2.91. The summed E-state index contributed by atoms with van der Waals surface area (Å²) in [5.41, 5.74) is 0.731. The van der Waals surface area contributed by atoms with Gasteiger partial charge in [0.1, 0.15) is 5.60 Å². The number of para-hydroxylation sites is 2. The zero-order valence-corrected chi connectivity index (χ0v) is 18.9. The summed E-state index contributed by atoms with van der Waals surface area (Å²) in [7, 11) is -3.69. The molecule has 2 amide bonds. The highest BCUT2D eigenvalue weighted by Gasteiger charge is 2.33. The Kier molecular flexibility index (Phi) is 6.38. The second-order valence-electron chi connectivity index (χ2n) is 8.11. The summed E-state index contributed by atoms with van der Waals surface area (Å²) in [5.74, 6) is -0.343. The molecule has 3 rings (SSSR count). The minimum atomic E-state index is -3.69. The van der Waals surface area contributed by atoms with Gasteiger partial charge in [0.25, 0.3) is 5.91 Å². The van der Waals surface area contributed by atoms with Gasteiger partial charge in [0, 0.05) is 25.2 Å². The molecule has 1 N–H and O–H groups in total. The maximum atomic E-state index is 13.3. The van der Waals surface area contributed by atoms with Gasteiger partial charge in [-0.25, -0.2) is 17.9 Å². The highest BCUT2D eigenvalue weighted by atomic mass is 32.2. The zero-order valence-electron chi connectivity index (χ0n) is 18.1. The van der Waals surface area contributed by atoms with E-state index in [1.165, 1.54) is 17.0 Å². The van der Waals surface area contributed by atoms with E-state index in [1.807, 2.05) is 0 Å². The van der Waals surface area contributed by atoms with Gasteiger partial charge in [0.2, 0.25) is 10.0 Å². The Morgan fingerprint density at radius 1 is 1.00 bits per heavy atom. The van der Waals surface area contributed by atoms with Crippen molar-refractivity contribution in [2.45, 2.75) is 38.2 Å². The van der Waals surface area contributed by atoms with Gasteiger partial charge in [-0.1, -0.05) is 25.1 Å². The van der Waals surface area contributed by atoms with Gasteiger partial charge in [0.15, 0.2) is 0 Å². The van der Waals surface area contributed by atoms with Crippen LogP contribution in [0.3, 0.4) is 0 Å². The minimum absolute atomic E-state index is 0.0286. The first-order valence-electron chi connectivity index (χ1n) is 10.0. The van der Waals surface area contributed by atoms with Gasteiger partial charge in [0.05, 0.1) is 16.3 Å². The monoisotopic (exact) mass is 445 g/mol. The fraction of sp³-hybridized carbons (Fsp3) is 0.364. The van der Waals surface area contributed by atoms with Crippen molar-refractivity contribution in [3.63, 3.8) is 0 Å². The van der Waals surface area contributed by atoms with Gasteiger partial charge < -0.3 is 9.64 Å². The Morgan fingerprint density at radius 2 is 1.61 bits per heavy atom. The third kappa shape index (κ3) is 5.05. The number of nitrogens with zero attached hydrogens (tertiary/aromatic N) is 2. The van der Waals surface area contributed by atoms with E-state index in [0.717, 1.165) is 0 Å². The number of carbonyl (C=O) groups is 2. The highest BCUT2D eigenvalue weighted by molar-refractivity contribution is 7.89. The number of ether oxygens (including phenoxy) is 1. The Bertz CT molecular complexity index is 1090. The highest BCUT2D eigenvalue weighted by Crippen LogP contribution is 2.34. The third-order valence-electron chi connectivity index (χ3n) is 4.60. The molecule has 2 aromatic rings. The standard InChI is InChI=1S/C22H27N3O5S/c1-5-23-31(28,29)17-10-8-9-16(15-17)20(26)24-13-14-25(21(27)30-22(2,3)4)19-12-7-6-11-18(19)24/h6-12,15,23H,5,13-14H2,1-4H3. The summed E-state index contributed by atoms with van der Waals surface area (Å²) < 4.78 is 32.6. The molecule has 8 nitrogen and oxygen atoms in total. The van der Waals surface area contributed by atoms with E-state index in [-0.39, 0.29) is 36.0 Å². The van der Waals surface area contributed by atoms with Crippen LogP contribution in [0, 0.1) is 0 Å². The topological polar surface area (TPSA) is 96.0 Å². The van der Waals surface area contributed by atoms with E-state index < -0.39 is 21.7 Å². The second-order valence-corrected chi connectivity index (χ2v) is 9.87. The van der Waals surface area contributed by atoms with Crippen LogP contribution in [0.2, 0.25) is 0 Å². The molecule has 9 heteroatoms. The number of amides is 2. The van der Waals surface area contributed by atoms with Crippen LogP contribution in [0.1, 0.15) is 38.1 Å². The number of carbonyl (C=O) groups excluding carboxylic acids is 2. The number of anilines is 2. The lowest BCUT2D eigenvalue weighted by atomic mass is 10.1. The zero-order chi connectivity index (χ0) is 22.8. The van der Waals surface area contributed by atoms with Gasteiger partial charge in [-0.2, -0.15) is 0 Å². The molecule has 0 spiro atoms. The molecule has 0 unspecified atom stereocenters. The van der Waals surface area contributed by atoms with Crippen LogP contribution in [-0.4, -0.2) is 45.7 Å². The fourth-order valence-corrected chi connectivity index (χ4v) is 4.39. The van der Waals surface area contributed by atoms with E-state index in [4.69, 9.17) is 4.74 Å². The lowest BCUT2D eigenvalue weighted by molar-refractivity contribution is 0.0578. The van der Waals surface area contributed by atoms with Crippen LogP contribution in [0.15, 0.2) is 53.4 Å². The molecular formula is C22H27N3O5S. The quantitative estimate of drug-likeness (QED) is 0.778. The molecule has 166 valence electrons. The summed E-state index contributed by atoms with van der Waals surface area (Å²) in [6.07, 6.45) is -0.481. The van der Waals surface area contributed by atoms with Gasteiger partial charge >= 0.3 is 6.09 Å². The first kappa shape index (κ1) is 22.8. The molecule has 0 saturated carbocycles. The summed E-state index contributed by atoms with van der Waals surface area (Å²) >= 11 is 0. The first-order chi connectivity index (χ1) is 14.5. The van der Waals surface area contributed by atoms with Gasteiger partial charge in [-0.05, 0) is 51.1 Å². The number of rotatable bonds is 4. The normalized spacial score (nSPS) is 14.2. The van der Waals surface area contributed by atoms with Crippen molar-refractivity contribution >= 4 is 33.4 Å². The minimum Gasteiger partial charge on any atom is -0.443 e. The number of nitrogens with one attached hydrogen (secondary N) is 1. The van der Waals surface area contributed by atoms with E-state index in [2.05, 4.69) is 4.72 Å². The van der Waals surface area contributed by atoms with E-state index in [9.17, 15) is 18.0 Å². The average molecular weight is 446 g/mol. The summed E-state index contributed by atoms with van der Waals surface area (Å²) in [6.45, 7) is 7.83. The van der Waals surface area contributed by atoms with Crippen molar-refractivity contribution in [2.24, 2.45) is 0 Å². The fourth-order valence-electron chi connectivity index (χ4n) is 3.30. The van der Waals surface area contributed by atoms with Crippen molar-refractivity contribution in [1.82, 2.24) is 4.72 Å². The van der Waals surface area contributed by atoms with Crippen LogP contribution in [0.5, 0.6) is 0 Å². The Balaban J connectivity index is 1.93. The lowest BCUT2D eigenvalue weighted by Gasteiger charge is -2.37. The van der Waals surface area contributed by atoms with Crippen molar-refractivity contribution in [1.29, 1.82) is 0 Å². The molecule has 0 bridgehead atoms. The van der Waals surface area contributed by atoms with Gasteiger partial charge in [-0.3, -0.25) is 9.69 Å². The van der Waals surface area contributed by atoms with Gasteiger partial charge in [-0.15, -0.1) is 0 Å².